The van der Waals surface area contributed by atoms with Gasteiger partial charge >= 0.3 is 11.9 Å². The molecule has 3 heterocycles. The number of thioether (sulfide) groups is 1. The van der Waals surface area contributed by atoms with Crippen molar-refractivity contribution in [1.29, 1.82) is 0 Å². The summed E-state index contributed by atoms with van der Waals surface area (Å²) in [6.45, 7) is 2.15. The second-order valence-corrected chi connectivity index (χ2v) is 7.54. The molecule has 30 heavy (non-hydrogen) atoms. The molecule has 0 atom stereocenters. The summed E-state index contributed by atoms with van der Waals surface area (Å²) in [6, 6.07) is 3.47. The van der Waals surface area contributed by atoms with E-state index in [1.54, 1.807) is 30.2 Å². The van der Waals surface area contributed by atoms with E-state index in [1.807, 2.05) is 0 Å². The van der Waals surface area contributed by atoms with Gasteiger partial charge in [-0.2, -0.15) is 0 Å². The van der Waals surface area contributed by atoms with Crippen LogP contribution in [0.5, 0.6) is 0 Å². The van der Waals surface area contributed by atoms with E-state index < -0.39 is 5.97 Å². The van der Waals surface area contributed by atoms with Crippen molar-refractivity contribution in [3.05, 3.63) is 29.7 Å². The molecule has 0 aromatic carbocycles. The lowest BCUT2D eigenvalue weighted by Crippen LogP contribution is -2.42. The van der Waals surface area contributed by atoms with Gasteiger partial charge in [0.1, 0.15) is 10.6 Å². The van der Waals surface area contributed by atoms with E-state index >= 15 is 0 Å². The van der Waals surface area contributed by atoms with Crippen LogP contribution >= 0.6 is 11.8 Å². The Balaban J connectivity index is 1.62. The monoisotopic (exact) mass is 433 g/mol. The van der Waals surface area contributed by atoms with E-state index in [-0.39, 0.29) is 30.0 Å². The second kappa shape index (κ2) is 9.75. The third-order valence-electron chi connectivity index (χ3n) is 4.90. The number of aryl methyl sites for hydroxylation is 1. The average molecular weight is 433 g/mol. The zero-order valence-corrected chi connectivity index (χ0v) is 17.9. The highest BCUT2D eigenvalue weighted by Crippen LogP contribution is 2.26. The largest absolute Gasteiger partial charge is 0.469 e. The van der Waals surface area contributed by atoms with Crippen molar-refractivity contribution in [2.75, 3.05) is 33.1 Å². The van der Waals surface area contributed by atoms with Crippen molar-refractivity contribution < 1.29 is 28.3 Å². The lowest BCUT2D eigenvalue weighted by Gasteiger charge is -2.30. The van der Waals surface area contributed by atoms with Crippen LogP contribution in [0.3, 0.4) is 0 Å². The Labute approximate surface area is 178 Å². The van der Waals surface area contributed by atoms with Crippen LogP contribution in [0.25, 0.3) is 11.6 Å². The lowest BCUT2D eigenvalue weighted by molar-refractivity contribution is -0.149. The maximum absolute atomic E-state index is 12.6. The third-order valence-corrected chi connectivity index (χ3v) is 5.59. The van der Waals surface area contributed by atoms with Crippen molar-refractivity contribution in [2.24, 2.45) is 5.92 Å². The summed E-state index contributed by atoms with van der Waals surface area (Å²) in [5.41, 5.74) is 0.673. The first-order chi connectivity index (χ1) is 14.4. The number of carbonyl (C=O) groups excluding carboxylic acids is 3. The van der Waals surface area contributed by atoms with Gasteiger partial charge in [0.25, 0.3) is 5.91 Å². The number of amides is 1. The number of methoxy groups -OCH3 is 1. The molecule has 1 aliphatic heterocycles. The minimum atomic E-state index is -0.652. The Morgan fingerprint density at radius 1 is 1.27 bits per heavy atom. The number of likely N-dealkylation sites (tertiary alicyclic amines) is 1. The number of esters is 2. The van der Waals surface area contributed by atoms with Crippen molar-refractivity contribution in [2.45, 2.75) is 24.8 Å². The van der Waals surface area contributed by atoms with Gasteiger partial charge in [-0.3, -0.25) is 9.59 Å². The molecule has 2 aromatic rings. The molecule has 0 N–H and O–H groups in total. The normalized spacial score (nSPS) is 14.4. The standard InChI is InChI=1S/C20H23N3O6S/c1-12-16(18(30-3)22-17(21-12)14-5-4-10-28-14)20(26)29-11-15(24)23-8-6-13(7-9-23)19(25)27-2/h4-5,10,13H,6-9,11H2,1-3H3. The van der Waals surface area contributed by atoms with E-state index in [1.165, 1.54) is 25.1 Å². The Bertz CT molecular complexity index is 923. The molecule has 0 bridgehead atoms. The lowest BCUT2D eigenvalue weighted by atomic mass is 9.97. The predicted octanol–water partition coefficient (Wildman–Crippen LogP) is 2.34. The van der Waals surface area contributed by atoms with E-state index in [9.17, 15) is 14.4 Å². The first-order valence-corrected chi connectivity index (χ1v) is 10.7. The quantitative estimate of drug-likeness (QED) is 0.385. The molecule has 0 saturated carbocycles. The fourth-order valence-electron chi connectivity index (χ4n) is 3.27. The number of piperidine rings is 1. The zero-order valence-electron chi connectivity index (χ0n) is 17.0. The van der Waals surface area contributed by atoms with Gasteiger partial charge in [-0.1, -0.05) is 0 Å². The van der Waals surface area contributed by atoms with Gasteiger partial charge in [-0.15, -0.1) is 11.8 Å². The second-order valence-electron chi connectivity index (χ2n) is 6.75. The highest BCUT2D eigenvalue weighted by molar-refractivity contribution is 7.98. The fourth-order valence-corrected chi connectivity index (χ4v) is 3.88. The SMILES string of the molecule is COC(=O)C1CCN(C(=O)COC(=O)c2c(C)nc(-c3ccco3)nc2SC)CC1. The molecule has 1 fully saturated rings. The van der Waals surface area contributed by atoms with Gasteiger partial charge in [-0.05, 0) is 38.2 Å². The smallest absolute Gasteiger partial charge is 0.343 e. The Kier molecular flexibility index (Phi) is 7.09. The number of furan rings is 1. The van der Waals surface area contributed by atoms with Crippen LogP contribution in [0.4, 0.5) is 0 Å². The number of carbonyl (C=O) groups is 3. The summed E-state index contributed by atoms with van der Waals surface area (Å²) < 4.78 is 15.3. The number of hydrogen-bond donors (Lipinski definition) is 0. The minimum Gasteiger partial charge on any atom is -0.469 e. The Morgan fingerprint density at radius 3 is 2.60 bits per heavy atom. The molecule has 2 aromatic heterocycles. The highest BCUT2D eigenvalue weighted by atomic mass is 32.2. The molecule has 0 aliphatic carbocycles. The third kappa shape index (κ3) is 4.81. The number of ether oxygens (including phenoxy) is 2. The number of aromatic nitrogens is 2. The summed E-state index contributed by atoms with van der Waals surface area (Å²) in [7, 11) is 1.36. The van der Waals surface area contributed by atoms with Gasteiger partial charge in [0.2, 0.25) is 0 Å². The highest BCUT2D eigenvalue weighted by Gasteiger charge is 2.29. The minimum absolute atomic E-state index is 0.196. The summed E-state index contributed by atoms with van der Waals surface area (Å²) >= 11 is 1.28. The topological polar surface area (TPSA) is 112 Å². The van der Waals surface area contributed by atoms with Crippen molar-refractivity contribution >= 4 is 29.6 Å². The summed E-state index contributed by atoms with van der Waals surface area (Å²) in [5, 5.41) is 0.449. The first kappa shape index (κ1) is 21.8. The molecule has 160 valence electrons. The molecular formula is C20H23N3O6S. The molecule has 9 nitrogen and oxygen atoms in total. The average Bonchev–Trinajstić information content (AvgIpc) is 3.31. The molecule has 1 amide bonds. The van der Waals surface area contributed by atoms with Crippen molar-refractivity contribution in [1.82, 2.24) is 14.9 Å². The molecule has 1 saturated heterocycles. The molecule has 0 spiro atoms. The van der Waals surface area contributed by atoms with E-state index in [0.717, 1.165) is 0 Å². The molecule has 3 rings (SSSR count). The van der Waals surface area contributed by atoms with Crippen molar-refractivity contribution in [3.63, 3.8) is 0 Å². The summed E-state index contributed by atoms with van der Waals surface area (Å²) in [6.07, 6.45) is 4.38. The molecule has 1 aliphatic rings. The van der Waals surface area contributed by atoms with Crippen LogP contribution in [-0.2, 0) is 19.1 Å². The number of hydrogen-bond acceptors (Lipinski definition) is 9. The van der Waals surface area contributed by atoms with Crippen molar-refractivity contribution in [3.8, 4) is 11.6 Å². The van der Waals surface area contributed by atoms with Crippen LogP contribution in [-0.4, -0.2) is 65.8 Å². The first-order valence-electron chi connectivity index (χ1n) is 9.43. The van der Waals surface area contributed by atoms with Gasteiger partial charge in [-0.25, -0.2) is 14.8 Å². The maximum Gasteiger partial charge on any atom is 0.343 e. The number of rotatable bonds is 6. The maximum atomic E-state index is 12.6. The van der Waals surface area contributed by atoms with Crippen LogP contribution in [0.1, 0.15) is 28.9 Å². The van der Waals surface area contributed by atoms with Crippen LogP contribution in [0.15, 0.2) is 27.8 Å². The number of nitrogens with zero attached hydrogens (tertiary/aromatic N) is 3. The van der Waals surface area contributed by atoms with E-state index in [4.69, 9.17) is 13.9 Å². The van der Waals surface area contributed by atoms with E-state index in [0.29, 0.717) is 48.2 Å². The fraction of sp³-hybridized carbons (Fsp3) is 0.450. The van der Waals surface area contributed by atoms with Crippen LogP contribution < -0.4 is 0 Å². The molecular weight excluding hydrogens is 410 g/mol. The van der Waals surface area contributed by atoms with Gasteiger partial charge in [0.05, 0.1) is 25.0 Å². The molecule has 0 radical (unpaired) electrons. The predicted molar refractivity (Wildman–Crippen MR) is 108 cm³/mol. The summed E-state index contributed by atoms with van der Waals surface area (Å²) in [5.74, 6) is -0.532. The molecule has 0 unspecified atom stereocenters. The Hall–Kier alpha value is -2.88. The van der Waals surface area contributed by atoms with E-state index in [2.05, 4.69) is 9.97 Å². The Morgan fingerprint density at radius 2 is 2.00 bits per heavy atom. The molecule has 10 heteroatoms. The van der Waals surface area contributed by atoms with Gasteiger partial charge in [0.15, 0.2) is 18.2 Å². The summed E-state index contributed by atoms with van der Waals surface area (Å²) in [4.78, 5) is 47.0. The van der Waals surface area contributed by atoms with Crippen LogP contribution in [0, 0.1) is 12.8 Å². The van der Waals surface area contributed by atoms with Crippen LogP contribution in [0.2, 0.25) is 0 Å². The van der Waals surface area contributed by atoms with Gasteiger partial charge < -0.3 is 18.8 Å². The van der Waals surface area contributed by atoms with Gasteiger partial charge in [0, 0.05) is 13.1 Å². The zero-order chi connectivity index (χ0) is 21.7.